The minimum Gasteiger partial charge on any atom is -0.454 e. The van der Waals surface area contributed by atoms with Crippen molar-refractivity contribution < 1.29 is 13.2 Å². The van der Waals surface area contributed by atoms with E-state index in [1.54, 1.807) is 37.3 Å². The van der Waals surface area contributed by atoms with E-state index in [2.05, 4.69) is 9.71 Å². The minimum atomic E-state index is -3.93. The van der Waals surface area contributed by atoms with Gasteiger partial charge in [0, 0.05) is 5.02 Å². The first-order valence-electron chi connectivity index (χ1n) is 7.63. The molecular formula is C18H13Cl3N2O3S. The average Bonchev–Trinajstić information content (AvgIpc) is 2.57. The van der Waals surface area contributed by atoms with Crippen molar-refractivity contribution in [1.82, 2.24) is 4.98 Å². The number of aromatic nitrogens is 1. The molecule has 9 heteroatoms. The van der Waals surface area contributed by atoms with Gasteiger partial charge in [0.25, 0.3) is 10.0 Å². The lowest BCUT2D eigenvalue weighted by Crippen LogP contribution is -2.15. The largest absolute Gasteiger partial charge is 0.454 e. The van der Waals surface area contributed by atoms with Crippen LogP contribution in [0.25, 0.3) is 0 Å². The first-order chi connectivity index (χ1) is 12.8. The van der Waals surface area contributed by atoms with Crippen molar-refractivity contribution in [2.45, 2.75) is 11.8 Å². The number of pyridine rings is 1. The fraction of sp³-hybridized carbons (Fsp3) is 0.0556. The van der Waals surface area contributed by atoms with Crippen LogP contribution in [0.2, 0.25) is 15.1 Å². The van der Waals surface area contributed by atoms with Gasteiger partial charge in [-0.2, -0.15) is 0 Å². The van der Waals surface area contributed by atoms with Gasteiger partial charge in [0.1, 0.15) is 22.2 Å². The molecule has 3 aromatic rings. The number of nitrogens with one attached hydrogen (secondary N) is 1. The summed E-state index contributed by atoms with van der Waals surface area (Å²) in [5, 5.41) is 0.844. The zero-order valence-corrected chi connectivity index (χ0v) is 17.0. The van der Waals surface area contributed by atoms with Crippen molar-refractivity contribution in [2.24, 2.45) is 0 Å². The lowest BCUT2D eigenvalue weighted by Gasteiger charge is -2.12. The van der Waals surface area contributed by atoms with Gasteiger partial charge in [-0.05, 0) is 48.9 Å². The normalized spacial score (nSPS) is 11.3. The average molecular weight is 444 g/mol. The number of rotatable bonds is 5. The number of benzene rings is 2. The van der Waals surface area contributed by atoms with Crippen LogP contribution in [0.4, 0.5) is 5.82 Å². The molecule has 1 heterocycles. The van der Waals surface area contributed by atoms with Crippen molar-refractivity contribution in [3.05, 3.63) is 75.4 Å². The number of nitrogens with zero attached hydrogens (tertiary/aromatic N) is 1. The van der Waals surface area contributed by atoms with Gasteiger partial charge >= 0.3 is 0 Å². The van der Waals surface area contributed by atoms with Crippen LogP contribution in [0.15, 0.2) is 59.6 Å². The highest BCUT2D eigenvalue weighted by Gasteiger charge is 2.22. The lowest BCUT2D eigenvalue weighted by atomic mass is 10.2. The monoisotopic (exact) mass is 442 g/mol. The Morgan fingerprint density at radius 3 is 2.37 bits per heavy atom. The van der Waals surface area contributed by atoms with Crippen LogP contribution < -0.4 is 9.46 Å². The molecule has 0 amide bonds. The van der Waals surface area contributed by atoms with E-state index in [4.69, 9.17) is 39.5 Å². The molecule has 0 bridgehead atoms. The molecule has 0 unspecified atom stereocenters. The zero-order chi connectivity index (χ0) is 19.6. The van der Waals surface area contributed by atoms with Gasteiger partial charge in [-0.25, -0.2) is 13.4 Å². The van der Waals surface area contributed by atoms with Crippen LogP contribution in [0.3, 0.4) is 0 Å². The maximum absolute atomic E-state index is 12.6. The molecule has 0 spiro atoms. The van der Waals surface area contributed by atoms with Crippen LogP contribution in [0, 0.1) is 6.92 Å². The van der Waals surface area contributed by atoms with Crippen LogP contribution in [0.5, 0.6) is 11.5 Å². The summed E-state index contributed by atoms with van der Waals surface area (Å²) >= 11 is 18.0. The smallest absolute Gasteiger partial charge is 0.264 e. The Labute approximate surface area is 171 Å². The van der Waals surface area contributed by atoms with Crippen molar-refractivity contribution in [3.63, 3.8) is 0 Å². The predicted molar refractivity (Wildman–Crippen MR) is 108 cm³/mol. The quantitative estimate of drug-likeness (QED) is 0.529. The molecule has 27 heavy (non-hydrogen) atoms. The van der Waals surface area contributed by atoms with Crippen LogP contribution in [-0.4, -0.2) is 13.4 Å². The number of anilines is 1. The molecule has 0 aliphatic rings. The Balaban J connectivity index is 1.81. The molecule has 0 aliphatic heterocycles. The van der Waals surface area contributed by atoms with Crippen LogP contribution in [0.1, 0.15) is 5.56 Å². The van der Waals surface area contributed by atoms with Gasteiger partial charge in [-0.15, -0.1) is 0 Å². The summed E-state index contributed by atoms with van der Waals surface area (Å²) in [6.45, 7) is 1.61. The van der Waals surface area contributed by atoms with Gasteiger partial charge in [-0.3, -0.25) is 4.72 Å². The Morgan fingerprint density at radius 1 is 1.00 bits per heavy atom. The molecule has 0 aliphatic carbocycles. The van der Waals surface area contributed by atoms with E-state index >= 15 is 0 Å². The van der Waals surface area contributed by atoms with E-state index in [1.807, 2.05) is 0 Å². The SMILES string of the molecule is Cc1cc(Cl)cc(Cl)c1S(=O)(=O)Nc1ccc(Oc2ccccc2Cl)cn1. The molecule has 0 fully saturated rings. The summed E-state index contributed by atoms with van der Waals surface area (Å²) < 4.78 is 33.3. The lowest BCUT2D eigenvalue weighted by molar-refractivity contribution is 0.480. The fourth-order valence-corrected chi connectivity index (χ4v) is 4.74. The Kier molecular flexibility index (Phi) is 5.81. The summed E-state index contributed by atoms with van der Waals surface area (Å²) in [6, 6.07) is 12.9. The summed E-state index contributed by atoms with van der Waals surface area (Å²) in [5.41, 5.74) is 0.429. The van der Waals surface area contributed by atoms with E-state index < -0.39 is 10.0 Å². The van der Waals surface area contributed by atoms with Gasteiger partial charge < -0.3 is 4.74 Å². The van der Waals surface area contributed by atoms with Crippen molar-refractivity contribution in [1.29, 1.82) is 0 Å². The van der Waals surface area contributed by atoms with Gasteiger partial charge in [0.15, 0.2) is 0 Å². The van der Waals surface area contributed by atoms with E-state index in [1.165, 1.54) is 24.4 Å². The number of hydrogen-bond donors (Lipinski definition) is 1. The van der Waals surface area contributed by atoms with Crippen molar-refractivity contribution >= 4 is 50.6 Å². The number of halogens is 3. The second-order valence-electron chi connectivity index (χ2n) is 5.55. The molecule has 140 valence electrons. The fourth-order valence-electron chi connectivity index (χ4n) is 2.37. The van der Waals surface area contributed by atoms with Crippen molar-refractivity contribution in [2.75, 3.05) is 4.72 Å². The third-order valence-electron chi connectivity index (χ3n) is 3.50. The minimum absolute atomic E-state index is 0.0335. The Morgan fingerprint density at radius 2 is 1.74 bits per heavy atom. The topological polar surface area (TPSA) is 68.3 Å². The second-order valence-corrected chi connectivity index (χ2v) is 8.42. The third kappa shape index (κ3) is 4.65. The van der Waals surface area contributed by atoms with Crippen molar-refractivity contribution in [3.8, 4) is 11.5 Å². The molecule has 1 N–H and O–H groups in total. The van der Waals surface area contributed by atoms with Gasteiger partial charge in [0.05, 0.1) is 16.2 Å². The molecule has 2 aromatic carbocycles. The van der Waals surface area contributed by atoms with E-state index in [-0.39, 0.29) is 15.7 Å². The third-order valence-corrected chi connectivity index (χ3v) is 6.00. The standard InChI is InChI=1S/C18H13Cl3N2O3S/c1-11-8-12(19)9-15(21)18(11)27(24,25)23-17-7-6-13(10-22-17)26-16-5-3-2-4-14(16)20/h2-10H,1H3,(H,22,23). The first kappa shape index (κ1) is 19.8. The molecule has 0 saturated carbocycles. The maximum atomic E-state index is 12.6. The summed E-state index contributed by atoms with van der Waals surface area (Å²) in [7, 11) is -3.93. The molecule has 5 nitrogen and oxygen atoms in total. The summed E-state index contributed by atoms with van der Waals surface area (Å²) in [5.74, 6) is 0.997. The molecular weight excluding hydrogens is 431 g/mol. The maximum Gasteiger partial charge on any atom is 0.264 e. The summed E-state index contributed by atoms with van der Waals surface area (Å²) in [4.78, 5) is 4.02. The number of aryl methyl sites for hydroxylation is 1. The molecule has 0 saturated heterocycles. The number of para-hydroxylation sites is 1. The number of sulfonamides is 1. The van der Waals surface area contributed by atoms with Crippen LogP contribution in [-0.2, 0) is 10.0 Å². The Bertz CT molecular complexity index is 1060. The zero-order valence-electron chi connectivity index (χ0n) is 13.9. The summed E-state index contributed by atoms with van der Waals surface area (Å²) in [6.07, 6.45) is 1.39. The molecule has 1 aromatic heterocycles. The second kappa shape index (κ2) is 7.94. The number of ether oxygens (including phenoxy) is 1. The van der Waals surface area contributed by atoms with Gasteiger partial charge in [0.2, 0.25) is 0 Å². The molecule has 3 rings (SSSR count). The predicted octanol–water partition coefficient (Wildman–Crippen LogP) is 5.94. The first-order valence-corrected chi connectivity index (χ1v) is 10.2. The Hall–Kier alpha value is -1.99. The molecule has 0 atom stereocenters. The van der Waals surface area contributed by atoms with Gasteiger partial charge in [-0.1, -0.05) is 46.9 Å². The van der Waals surface area contributed by atoms with E-state index in [0.717, 1.165) is 0 Å². The molecule has 0 radical (unpaired) electrons. The number of hydrogen-bond acceptors (Lipinski definition) is 4. The highest BCUT2D eigenvalue weighted by molar-refractivity contribution is 7.92. The van der Waals surface area contributed by atoms with Crippen LogP contribution >= 0.6 is 34.8 Å². The highest BCUT2D eigenvalue weighted by atomic mass is 35.5. The van der Waals surface area contributed by atoms with E-state index in [0.29, 0.717) is 27.1 Å². The van der Waals surface area contributed by atoms with E-state index in [9.17, 15) is 8.42 Å². The highest BCUT2D eigenvalue weighted by Crippen LogP contribution is 2.31.